The second-order valence-corrected chi connectivity index (χ2v) is 7.59. The Morgan fingerprint density at radius 2 is 1.55 bits per heavy atom. The van der Waals surface area contributed by atoms with E-state index in [9.17, 15) is 4.79 Å². The van der Waals surface area contributed by atoms with E-state index in [0.717, 1.165) is 22.2 Å². The van der Waals surface area contributed by atoms with Gasteiger partial charge in [-0.3, -0.25) is 4.79 Å². The first kappa shape index (κ1) is 22.6. The number of methoxy groups -OCH3 is 3. The highest BCUT2D eigenvalue weighted by Gasteiger charge is 2.18. The van der Waals surface area contributed by atoms with Gasteiger partial charge in [-0.05, 0) is 48.5 Å². The fourth-order valence-electron chi connectivity index (χ4n) is 2.87. The maximum atomic E-state index is 13.0. The molecule has 0 aliphatic carbocycles. The molecule has 0 atom stereocenters. The van der Waals surface area contributed by atoms with Gasteiger partial charge in [0.25, 0.3) is 5.91 Å². The zero-order valence-corrected chi connectivity index (χ0v) is 18.7. The van der Waals surface area contributed by atoms with E-state index in [1.807, 2.05) is 29.6 Å². The molecule has 0 saturated carbocycles. The van der Waals surface area contributed by atoms with E-state index in [1.54, 1.807) is 50.5 Å². The lowest BCUT2D eigenvalue weighted by molar-refractivity contribution is 0.0678. The molecule has 3 aromatic rings. The van der Waals surface area contributed by atoms with Crippen LogP contribution in [0.1, 0.15) is 21.1 Å². The van der Waals surface area contributed by atoms with Crippen molar-refractivity contribution >= 4 is 17.2 Å². The molecule has 0 saturated heterocycles. The van der Waals surface area contributed by atoms with Gasteiger partial charge in [0.1, 0.15) is 28.9 Å². The van der Waals surface area contributed by atoms with Crippen LogP contribution in [-0.2, 0) is 17.9 Å². The van der Waals surface area contributed by atoms with E-state index in [-0.39, 0.29) is 5.91 Å². The van der Waals surface area contributed by atoms with Crippen molar-refractivity contribution in [1.82, 2.24) is 9.88 Å². The first-order valence-corrected chi connectivity index (χ1v) is 10.6. The van der Waals surface area contributed by atoms with E-state index in [2.05, 4.69) is 4.98 Å². The number of benzene rings is 2. The number of rotatable bonds is 11. The molecular weight excluding hydrogens is 416 g/mol. The fraction of sp³-hybridized carbons (Fsp3) is 0.304. The fourth-order valence-corrected chi connectivity index (χ4v) is 3.57. The second-order valence-electron chi connectivity index (χ2n) is 6.64. The Bertz CT molecular complexity index is 957. The summed E-state index contributed by atoms with van der Waals surface area (Å²) >= 11 is 1.51. The van der Waals surface area contributed by atoms with Gasteiger partial charge in [0, 0.05) is 24.6 Å². The number of nitrogens with zero attached hydrogens (tertiary/aromatic N) is 2. The van der Waals surface area contributed by atoms with Gasteiger partial charge in [0.2, 0.25) is 0 Å². The largest absolute Gasteiger partial charge is 0.497 e. The highest BCUT2D eigenvalue weighted by atomic mass is 32.1. The summed E-state index contributed by atoms with van der Waals surface area (Å²) in [7, 11) is 4.84. The summed E-state index contributed by atoms with van der Waals surface area (Å²) in [6, 6.07) is 14.5. The highest BCUT2D eigenvalue weighted by molar-refractivity contribution is 7.09. The Hall–Kier alpha value is -3.10. The van der Waals surface area contributed by atoms with Crippen molar-refractivity contribution in [3.63, 3.8) is 0 Å². The first-order chi connectivity index (χ1) is 15.1. The lowest BCUT2D eigenvalue weighted by atomic mass is 10.2. The average molecular weight is 443 g/mol. The maximum Gasteiger partial charge on any atom is 0.254 e. The summed E-state index contributed by atoms with van der Waals surface area (Å²) in [6.45, 7) is 1.67. The topological polar surface area (TPSA) is 70.1 Å². The van der Waals surface area contributed by atoms with Gasteiger partial charge in [-0.2, -0.15) is 0 Å². The van der Waals surface area contributed by atoms with Crippen molar-refractivity contribution in [2.75, 3.05) is 34.5 Å². The second kappa shape index (κ2) is 11.3. The monoisotopic (exact) mass is 442 g/mol. The van der Waals surface area contributed by atoms with Crippen LogP contribution in [-0.4, -0.2) is 50.3 Å². The van der Waals surface area contributed by atoms with Crippen molar-refractivity contribution in [1.29, 1.82) is 0 Å². The zero-order valence-electron chi connectivity index (χ0n) is 17.9. The van der Waals surface area contributed by atoms with Crippen LogP contribution in [0.4, 0.5) is 0 Å². The molecule has 1 heterocycles. The Morgan fingerprint density at radius 1 is 0.935 bits per heavy atom. The summed E-state index contributed by atoms with van der Waals surface area (Å²) in [6.07, 6.45) is 0. The van der Waals surface area contributed by atoms with Crippen molar-refractivity contribution in [2.45, 2.75) is 13.2 Å². The number of carbonyl (C=O) groups is 1. The van der Waals surface area contributed by atoms with Crippen molar-refractivity contribution in [2.24, 2.45) is 0 Å². The molecule has 0 radical (unpaired) electrons. The molecule has 3 rings (SSSR count). The predicted molar refractivity (Wildman–Crippen MR) is 119 cm³/mol. The van der Waals surface area contributed by atoms with E-state index < -0.39 is 0 Å². The van der Waals surface area contributed by atoms with Crippen LogP contribution in [0.25, 0.3) is 0 Å². The van der Waals surface area contributed by atoms with E-state index >= 15 is 0 Å². The van der Waals surface area contributed by atoms with Crippen LogP contribution < -0.4 is 14.2 Å². The van der Waals surface area contributed by atoms with Crippen LogP contribution in [0.3, 0.4) is 0 Å². The Kier molecular flexibility index (Phi) is 8.26. The van der Waals surface area contributed by atoms with Crippen LogP contribution >= 0.6 is 11.3 Å². The summed E-state index contributed by atoms with van der Waals surface area (Å²) in [5.74, 6) is 2.15. The SMILES string of the molecule is COCCN(Cc1csc(COc2ccc(OC)cc2)n1)C(=O)c1ccc(OC)cc1. The number of amides is 1. The molecule has 0 aliphatic heterocycles. The molecule has 0 fully saturated rings. The lowest BCUT2D eigenvalue weighted by Gasteiger charge is -2.21. The number of hydrogen-bond acceptors (Lipinski definition) is 7. The molecule has 0 unspecified atom stereocenters. The zero-order chi connectivity index (χ0) is 22.1. The third-order valence-corrected chi connectivity index (χ3v) is 5.43. The third kappa shape index (κ3) is 6.44. The number of thiazole rings is 1. The summed E-state index contributed by atoms with van der Waals surface area (Å²) in [4.78, 5) is 19.3. The molecule has 31 heavy (non-hydrogen) atoms. The summed E-state index contributed by atoms with van der Waals surface area (Å²) < 4.78 is 21.3. The van der Waals surface area contributed by atoms with Gasteiger partial charge < -0.3 is 23.8 Å². The molecule has 0 spiro atoms. The average Bonchev–Trinajstić information content (AvgIpc) is 3.27. The molecular formula is C23H26N2O5S. The van der Waals surface area contributed by atoms with Gasteiger partial charge in [-0.25, -0.2) is 4.98 Å². The van der Waals surface area contributed by atoms with E-state index in [4.69, 9.17) is 18.9 Å². The number of hydrogen-bond donors (Lipinski definition) is 0. The number of ether oxygens (including phenoxy) is 4. The Balaban J connectivity index is 1.62. The Morgan fingerprint density at radius 3 is 2.16 bits per heavy atom. The van der Waals surface area contributed by atoms with Gasteiger partial charge in [-0.15, -0.1) is 11.3 Å². The van der Waals surface area contributed by atoms with Crippen molar-refractivity contribution in [3.8, 4) is 17.2 Å². The van der Waals surface area contributed by atoms with Crippen LogP contribution in [0.2, 0.25) is 0 Å². The normalized spacial score (nSPS) is 10.5. The minimum atomic E-state index is -0.0799. The number of carbonyl (C=O) groups excluding carboxylic acids is 1. The maximum absolute atomic E-state index is 13.0. The highest BCUT2D eigenvalue weighted by Crippen LogP contribution is 2.20. The summed E-state index contributed by atoms with van der Waals surface area (Å²) in [5.41, 5.74) is 1.41. The van der Waals surface area contributed by atoms with Gasteiger partial charge in [0.05, 0.1) is 33.1 Å². The molecule has 0 N–H and O–H groups in total. The third-order valence-electron chi connectivity index (χ3n) is 4.56. The van der Waals surface area contributed by atoms with Crippen LogP contribution in [0.15, 0.2) is 53.9 Å². The quantitative estimate of drug-likeness (QED) is 0.447. The molecule has 164 valence electrons. The predicted octanol–water partition coefficient (Wildman–Crippen LogP) is 4.03. The molecule has 1 aromatic heterocycles. The van der Waals surface area contributed by atoms with Crippen molar-refractivity contribution < 1.29 is 23.7 Å². The molecule has 2 aromatic carbocycles. The van der Waals surface area contributed by atoms with Gasteiger partial charge in [-0.1, -0.05) is 0 Å². The van der Waals surface area contributed by atoms with Crippen LogP contribution in [0.5, 0.6) is 17.2 Å². The molecule has 8 heteroatoms. The minimum absolute atomic E-state index is 0.0799. The Labute approximate surface area is 186 Å². The van der Waals surface area contributed by atoms with E-state index in [0.29, 0.717) is 37.6 Å². The lowest BCUT2D eigenvalue weighted by Crippen LogP contribution is -2.33. The molecule has 0 aliphatic rings. The molecule has 0 bridgehead atoms. The van der Waals surface area contributed by atoms with Gasteiger partial charge in [0.15, 0.2) is 0 Å². The smallest absolute Gasteiger partial charge is 0.254 e. The standard InChI is InChI=1S/C23H26N2O5S/c1-27-13-12-25(23(26)17-4-6-19(28-2)7-5-17)14-18-16-31-22(24-18)15-30-21-10-8-20(29-3)9-11-21/h4-11,16H,12-15H2,1-3H3. The first-order valence-electron chi connectivity index (χ1n) is 9.75. The van der Waals surface area contributed by atoms with Crippen molar-refractivity contribution in [3.05, 3.63) is 70.2 Å². The minimum Gasteiger partial charge on any atom is -0.497 e. The summed E-state index contributed by atoms with van der Waals surface area (Å²) in [5, 5.41) is 2.79. The molecule has 1 amide bonds. The van der Waals surface area contributed by atoms with Gasteiger partial charge >= 0.3 is 0 Å². The van der Waals surface area contributed by atoms with E-state index in [1.165, 1.54) is 11.3 Å². The molecule has 7 nitrogen and oxygen atoms in total. The van der Waals surface area contributed by atoms with Crippen LogP contribution in [0, 0.1) is 0 Å². The number of aromatic nitrogens is 1.